The molecule has 1 atom stereocenters. The van der Waals surface area contributed by atoms with E-state index in [1.165, 1.54) is 64.2 Å². The number of esters is 2. The van der Waals surface area contributed by atoms with E-state index in [-0.39, 0.29) is 25.6 Å². The van der Waals surface area contributed by atoms with Crippen molar-refractivity contribution < 1.29 is 24.2 Å². The van der Waals surface area contributed by atoms with Gasteiger partial charge in [0.05, 0.1) is 6.61 Å². The van der Waals surface area contributed by atoms with E-state index in [1.54, 1.807) is 0 Å². The zero-order chi connectivity index (χ0) is 32.2. The van der Waals surface area contributed by atoms with Crippen molar-refractivity contribution in [1.29, 1.82) is 0 Å². The highest BCUT2D eigenvalue weighted by Crippen LogP contribution is 2.23. The lowest BCUT2D eigenvalue weighted by atomic mass is 9.97. The Morgan fingerprint density at radius 1 is 0.667 bits per heavy atom. The summed E-state index contributed by atoms with van der Waals surface area (Å²) < 4.78 is 10.6. The third-order valence-corrected chi connectivity index (χ3v) is 7.72. The number of hydrogen-bond acceptors (Lipinski definition) is 5. The molecule has 0 amide bonds. The van der Waals surface area contributed by atoms with Crippen LogP contribution < -0.4 is 0 Å². The largest absolute Gasteiger partial charge is 0.462 e. The average molecular weight is 617 g/mol. The Morgan fingerprint density at radius 3 is 1.73 bits per heavy atom. The topological polar surface area (TPSA) is 72.8 Å². The van der Waals surface area contributed by atoms with Crippen LogP contribution in [-0.4, -0.2) is 36.4 Å². The normalized spacial score (nSPS) is 12.0. The van der Waals surface area contributed by atoms with Crippen molar-refractivity contribution in [2.75, 3.05) is 13.2 Å². The molecule has 2 rings (SSSR count). The Morgan fingerprint density at radius 2 is 1.20 bits per heavy atom. The second-order valence-electron chi connectivity index (χ2n) is 11.6. The Kier molecular flexibility index (Phi) is 21.7. The predicted molar refractivity (Wildman–Crippen MR) is 186 cm³/mol. The summed E-state index contributed by atoms with van der Waals surface area (Å²) in [4.78, 5) is 24.3. The summed E-state index contributed by atoms with van der Waals surface area (Å²) in [5.41, 5.74) is 3.41. The van der Waals surface area contributed by atoms with Gasteiger partial charge in [0.25, 0.3) is 0 Å². The number of unbranched alkanes of at least 4 members (excludes halogenated alkanes) is 12. The zero-order valence-corrected chi connectivity index (χ0v) is 27.5. The summed E-state index contributed by atoms with van der Waals surface area (Å²) in [6.07, 6.45) is 26.3. The number of rotatable bonds is 25. The van der Waals surface area contributed by atoms with E-state index in [4.69, 9.17) is 9.47 Å². The van der Waals surface area contributed by atoms with E-state index in [0.717, 1.165) is 36.0 Å². The van der Waals surface area contributed by atoms with Crippen LogP contribution in [0.2, 0.25) is 0 Å². The minimum Gasteiger partial charge on any atom is -0.462 e. The summed E-state index contributed by atoms with van der Waals surface area (Å²) in [6.45, 7) is 1.76. The van der Waals surface area contributed by atoms with Gasteiger partial charge < -0.3 is 14.6 Å². The number of aliphatic hydroxyl groups is 1. The monoisotopic (exact) mass is 616 g/mol. The Hall–Kier alpha value is -3.44. The average Bonchev–Trinajstić information content (AvgIpc) is 3.07. The summed E-state index contributed by atoms with van der Waals surface area (Å²) in [6, 6.07) is 20.5. The lowest BCUT2D eigenvalue weighted by Crippen LogP contribution is -2.28. The molecular weight excluding hydrogens is 560 g/mol. The molecule has 5 nitrogen and oxygen atoms in total. The van der Waals surface area contributed by atoms with Crippen molar-refractivity contribution in [2.45, 2.75) is 116 Å². The molecule has 0 aromatic heterocycles. The molecule has 0 aliphatic rings. The smallest absolute Gasteiger partial charge is 0.306 e. The number of benzene rings is 2. The molecular formula is C40H56O5. The van der Waals surface area contributed by atoms with Crippen LogP contribution in [0, 0.1) is 0 Å². The van der Waals surface area contributed by atoms with Crippen LogP contribution in [0.5, 0.6) is 0 Å². The van der Waals surface area contributed by atoms with Gasteiger partial charge in [-0.1, -0.05) is 175 Å². The summed E-state index contributed by atoms with van der Waals surface area (Å²) >= 11 is 0. The first-order valence-corrected chi connectivity index (χ1v) is 17.2. The van der Waals surface area contributed by atoms with Gasteiger partial charge in [-0.3, -0.25) is 9.59 Å². The van der Waals surface area contributed by atoms with Crippen LogP contribution in [0.1, 0.15) is 121 Å². The van der Waals surface area contributed by atoms with Crippen LogP contribution in [0.4, 0.5) is 0 Å². The van der Waals surface area contributed by atoms with E-state index >= 15 is 0 Å². The molecule has 0 heterocycles. The van der Waals surface area contributed by atoms with Crippen molar-refractivity contribution in [3.05, 3.63) is 102 Å². The number of carbonyl (C=O) groups excluding carboxylic acids is 2. The molecule has 45 heavy (non-hydrogen) atoms. The molecule has 0 fully saturated rings. The van der Waals surface area contributed by atoms with Crippen LogP contribution in [0.15, 0.2) is 91.0 Å². The van der Waals surface area contributed by atoms with Gasteiger partial charge in [0.15, 0.2) is 6.10 Å². The molecule has 0 saturated heterocycles. The molecule has 0 unspecified atom stereocenters. The molecule has 246 valence electrons. The number of carbonyl (C=O) groups is 2. The highest BCUT2D eigenvalue weighted by atomic mass is 16.6. The van der Waals surface area contributed by atoms with E-state index in [2.05, 4.69) is 37.3 Å². The third kappa shape index (κ3) is 18.9. The lowest BCUT2D eigenvalue weighted by molar-refractivity contribution is -0.161. The number of hydrogen-bond donors (Lipinski definition) is 1. The molecule has 0 aliphatic heterocycles. The van der Waals surface area contributed by atoms with Gasteiger partial charge in [-0.25, -0.2) is 0 Å². The molecule has 5 heteroatoms. The van der Waals surface area contributed by atoms with E-state index in [0.29, 0.717) is 12.8 Å². The van der Waals surface area contributed by atoms with E-state index < -0.39 is 12.1 Å². The summed E-state index contributed by atoms with van der Waals surface area (Å²) in [5.74, 6) is -0.732. The van der Waals surface area contributed by atoms with Gasteiger partial charge in [-0.2, -0.15) is 0 Å². The van der Waals surface area contributed by atoms with Gasteiger partial charge in [0.1, 0.15) is 6.61 Å². The molecule has 0 bridgehead atoms. The first-order valence-electron chi connectivity index (χ1n) is 17.2. The zero-order valence-electron chi connectivity index (χ0n) is 27.5. The fraction of sp³-hybridized carbons (Fsp3) is 0.500. The van der Waals surface area contributed by atoms with Crippen molar-refractivity contribution >= 4 is 17.5 Å². The summed E-state index contributed by atoms with van der Waals surface area (Å²) in [5, 5.41) is 9.57. The van der Waals surface area contributed by atoms with Gasteiger partial charge in [-0.05, 0) is 29.5 Å². The van der Waals surface area contributed by atoms with Crippen molar-refractivity contribution in [2.24, 2.45) is 0 Å². The predicted octanol–water partition coefficient (Wildman–Crippen LogP) is 9.94. The van der Waals surface area contributed by atoms with Crippen LogP contribution in [0.25, 0.3) is 5.57 Å². The van der Waals surface area contributed by atoms with Gasteiger partial charge in [0.2, 0.25) is 0 Å². The maximum atomic E-state index is 12.2. The number of aliphatic hydroxyl groups excluding tert-OH is 1. The molecule has 0 aliphatic carbocycles. The first-order chi connectivity index (χ1) is 22.1. The molecule has 2 aromatic rings. The first kappa shape index (κ1) is 37.7. The van der Waals surface area contributed by atoms with Gasteiger partial charge >= 0.3 is 11.9 Å². The number of ether oxygens (including phenoxy) is 2. The maximum absolute atomic E-state index is 12.2. The van der Waals surface area contributed by atoms with Crippen LogP contribution in [-0.2, 0) is 19.1 Å². The van der Waals surface area contributed by atoms with Crippen molar-refractivity contribution in [1.82, 2.24) is 0 Å². The van der Waals surface area contributed by atoms with Crippen molar-refractivity contribution in [3.63, 3.8) is 0 Å². The highest BCUT2D eigenvalue weighted by Gasteiger charge is 2.15. The SMILES string of the molecule is CCCCCCCCCCCCCCCC(=O)OC[C@H](CO)OC(=O)CCC=CC=CC=C(c1ccccc1)c1ccccc1. The van der Waals surface area contributed by atoms with Gasteiger partial charge in [0, 0.05) is 12.8 Å². The quantitative estimate of drug-likeness (QED) is 0.0683. The minimum absolute atomic E-state index is 0.115. The second kappa shape index (κ2) is 25.8. The lowest BCUT2D eigenvalue weighted by Gasteiger charge is -2.15. The third-order valence-electron chi connectivity index (χ3n) is 7.72. The summed E-state index contributed by atoms with van der Waals surface area (Å²) in [7, 11) is 0. The Labute approximate surface area is 272 Å². The number of allylic oxidation sites excluding steroid dienone is 5. The van der Waals surface area contributed by atoms with E-state index in [1.807, 2.05) is 60.7 Å². The fourth-order valence-corrected chi connectivity index (χ4v) is 5.10. The van der Waals surface area contributed by atoms with Crippen LogP contribution in [0.3, 0.4) is 0 Å². The fourth-order valence-electron chi connectivity index (χ4n) is 5.10. The Balaban J connectivity index is 1.55. The van der Waals surface area contributed by atoms with Gasteiger partial charge in [-0.15, -0.1) is 0 Å². The van der Waals surface area contributed by atoms with E-state index in [9.17, 15) is 14.7 Å². The molecule has 2 aromatic carbocycles. The Bertz CT molecular complexity index is 1080. The highest BCUT2D eigenvalue weighted by molar-refractivity contribution is 5.80. The molecule has 1 N–H and O–H groups in total. The molecule has 0 saturated carbocycles. The minimum atomic E-state index is -0.837. The standard InChI is InChI=1S/C40H56O5/c1-2-3-4-5-6-7-8-9-10-11-12-15-24-31-39(42)44-34-37(33-41)45-40(43)32-25-16-13-14-23-30-38(35-26-19-17-20-27-35)36-28-21-18-22-29-36/h13-14,16-23,26-30,37,41H,2-12,15,24-25,31-34H2,1H3/t37-/m0/s1. The second-order valence-corrected chi connectivity index (χ2v) is 11.6. The molecule has 0 radical (unpaired) electrons. The van der Waals surface area contributed by atoms with Crippen LogP contribution >= 0.6 is 0 Å². The maximum Gasteiger partial charge on any atom is 0.306 e. The van der Waals surface area contributed by atoms with Crippen molar-refractivity contribution in [3.8, 4) is 0 Å². The molecule has 0 spiro atoms.